The summed E-state index contributed by atoms with van der Waals surface area (Å²) in [6.07, 6.45) is 0.120. The number of Topliss-reactive ketones (excluding diaryl/α,β-unsaturated/α-hetero) is 2. The molecule has 0 aliphatic carbocycles. The Kier molecular flexibility index (Phi) is 5.58. The Labute approximate surface area is 117 Å². The lowest BCUT2D eigenvalue weighted by atomic mass is 9.92. The SMILES string of the molecule is CC(=O)C(C/C(=N/NC(N)=O)c1ccccc1)C(C)=O. The topological polar surface area (TPSA) is 102 Å². The molecule has 1 aromatic rings. The molecule has 2 amide bonds. The van der Waals surface area contributed by atoms with E-state index in [1.807, 2.05) is 6.07 Å². The third kappa shape index (κ3) is 4.64. The number of benzene rings is 1. The number of nitrogens with two attached hydrogens (primary N) is 1. The highest BCUT2D eigenvalue weighted by molar-refractivity contribution is 6.09. The van der Waals surface area contributed by atoms with Crippen molar-refractivity contribution >= 4 is 23.3 Å². The van der Waals surface area contributed by atoms with Crippen molar-refractivity contribution in [2.45, 2.75) is 20.3 Å². The standard InChI is InChI=1S/C14H17N3O3/c1-9(18)12(10(2)19)8-13(16-17-14(15)20)11-6-4-3-5-7-11/h3-7,12H,8H2,1-2H3,(H3,15,17,20)/b16-13-. The van der Waals surface area contributed by atoms with E-state index in [2.05, 4.69) is 10.5 Å². The van der Waals surface area contributed by atoms with Crippen LogP contribution in [-0.4, -0.2) is 23.3 Å². The Hall–Kier alpha value is -2.50. The molecule has 0 aromatic heterocycles. The lowest BCUT2D eigenvalue weighted by Gasteiger charge is -2.12. The number of hydrogen-bond acceptors (Lipinski definition) is 4. The van der Waals surface area contributed by atoms with E-state index in [0.29, 0.717) is 11.3 Å². The molecular weight excluding hydrogens is 258 g/mol. The second kappa shape index (κ2) is 7.18. The van der Waals surface area contributed by atoms with E-state index in [4.69, 9.17) is 5.73 Å². The predicted molar refractivity (Wildman–Crippen MR) is 75.2 cm³/mol. The van der Waals surface area contributed by atoms with Gasteiger partial charge in [-0.05, 0) is 19.4 Å². The van der Waals surface area contributed by atoms with E-state index in [-0.39, 0.29) is 18.0 Å². The monoisotopic (exact) mass is 275 g/mol. The van der Waals surface area contributed by atoms with Gasteiger partial charge in [0.2, 0.25) is 0 Å². The van der Waals surface area contributed by atoms with Crippen molar-refractivity contribution < 1.29 is 14.4 Å². The van der Waals surface area contributed by atoms with Crippen molar-refractivity contribution in [2.24, 2.45) is 16.8 Å². The fourth-order valence-corrected chi connectivity index (χ4v) is 1.75. The van der Waals surface area contributed by atoms with Crippen molar-refractivity contribution in [3.05, 3.63) is 35.9 Å². The van der Waals surface area contributed by atoms with Crippen molar-refractivity contribution in [3.8, 4) is 0 Å². The van der Waals surface area contributed by atoms with Gasteiger partial charge < -0.3 is 5.73 Å². The Bertz CT molecular complexity index is 524. The highest BCUT2D eigenvalue weighted by Gasteiger charge is 2.22. The summed E-state index contributed by atoms with van der Waals surface area (Å²) in [6.45, 7) is 2.71. The highest BCUT2D eigenvalue weighted by atomic mass is 16.2. The van der Waals surface area contributed by atoms with E-state index in [0.717, 1.165) is 0 Å². The van der Waals surface area contributed by atoms with Gasteiger partial charge in [0.25, 0.3) is 0 Å². The molecule has 106 valence electrons. The smallest absolute Gasteiger partial charge is 0.332 e. The van der Waals surface area contributed by atoms with Crippen LogP contribution >= 0.6 is 0 Å². The number of nitrogens with zero attached hydrogens (tertiary/aromatic N) is 1. The molecule has 1 rings (SSSR count). The molecule has 1 aromatic carbocycles. The Morgan fingerprint density at radius 3 is 2.15 bits per heavy atom. The number of carbonyl (C=O) groups is 3. The summed E-state index contributed by atoms with van der Waals surface area (Å²) in [6, 6.07) is 8.17. The Balaban J connectivity index is 3.05. The second-order valence-corrected chi connectivity index (χ2v) is 4.38. The van der Waals surface area contributed by atoms with E-state index in [1.165, 1.54) is 13.8 Å². The van der Waals surface area contributed by atoms with Gasteiger partial charge in [-0.15, -0.1) is 0 Å². The van der Waals surface area contributed by atoms with Crippen molar-refractivity contribution in [2.75, 3.05) is 0 Å². The van der Waals surface area contributed by atoms with E-state index < -0.39 is 11.9 Å². The van der Waals surface area contributed by atoms with Crippen LogP contribution < -0.4 is 11.2 Å². The number of hydrazone groups is 1. The summed E-state index contributed by atoms with van der Waals surface area (Å²) in [4.78, 5) is 33.8. The lowest BCUT2D eigenvalue weighted by Crippen LogP contribution is -2.28. The molecule has 3 N–H and O–H groups in total. The summed E-state index contributed by atoms with van der Waals surface area (Å²) in [5, 5.41) is 3.89. The van der Waals surface area contributed by atoms with Crippen molar-refractivity contribution in [1.29, 1.82) is 0 Å². The number of urea groups is 1. The van der Waals surface area contributed by atoms with Crippen LogP contribution in [0.25, 0.3) is 0 Å². The van der Waals surface area contributed by atoms with Crippen molar-refractivity contribution in [3.63, 3.8) is 0 Å². The molecule has 6 heteroatoms. The fourth-order valence-electron chi connectivity index (χ4n) is 1.75. The molecule has 0 aliphatic rings. The molecule has 0 heterocycles. The minimum Gasteiger partial charge on any atom is -0.350 e. The zero-order valence-electron chi connectivity index (χ0n) is 11.4. The summed E-state index contributed by atoms with van der Waals surface area (Å²) >= 11 is 0. The maximum atomic E-state index is 11.5. The molecule has 0 fully saturated rings. The first-order valence-corrected chi connectivity index (χ1v) is 6.10. The predicted octanol–water partition coefficient (Wildman–Crippen LogP) is 1.24. The maximum absolute atomic E-state index is 11.5. The minimum absolute atomic E-state index is 0.120. The molecule has 0 saturated heterocycles. The first-order chi connectivity index (χ1) is 9.41. The Morgan fingerprint density at radius 2 is 1.70 bits per heavy atom. The molecule has 0 unspecified atom stereocenters. The number of nitrogens with one attached hydrogen (secondary N) is 1. The maximum Gasteiger partial charge on any atom is 0.332 e. The zero-order valence-corrected chi connectivity index (χ0v) is 11.4. The van der Waals surface area contributed by atoms with Crippen LogP contribution in [0, 0.1) is 5.92 Å². The van der Waals surface area contributed by atoms with Crippen LogP contribution in [0.15, 0.2) is 35.4 Å². The van der Waals surface area contributed by atoms with Gasteiger partial charge in [-0.1, -0.05) is 30.3 Å². The number of carbonyl (C=O) groups excluding carboxylic acids is 3. The number of hydrogen-bond donors (Lipinski definition) is 2. The van der Waals surface area contributed by atoms with Crippen LogP contribution in [0.3, 0.4) is 0 Å². The quantitative estimate of drug-likeness (QED) is 0.464. The molecule has 0 spiro atoms. The van der Waals surface area contributed by atoms with Crippen LogP contribution in [0.5, 0.6) is 0 Å². The van der Waals surface area contributed by atoms with Gasteiger partial charge in [0.15, 0.2) is 0 Å². The van der Waals surface area contributed by atoms with Gasteiger partial charge in [-0.3, -0.25) is 9.59 Å². The molecule has 0 bridgehead atoms. The average molecular weight is 275 g/mol. The highest BCUT2D eigenvalue weighted by Crippen LogP contribution is 2.13. The first kappa shape index (κ1) is 15.6. The Morgan fingerprint density at radius 1 is 1.15 bits per heavy atom. The van der Waals surface area contributed by atoms with Gasteiger partial charge in [-0.2, -0.15) is 5.10 Å². The fraction of sp³-hybridized carbons (Fsp3) is 0.286. The number of rotatable bonds is 6. The largest absolute Gasteiger partial charge is 0.350 e. The summed E-state index contributed by atoms with van der Waals surface area (Å²) in [5.74, 6) is -1.25. The normalized spacial score (nSPS) is 11.2. The summed E-state index contributed by atoms with van der Waals surface area (Å²) in [5.41, 5.74) is 8.26. The molecule has 6 nitrogen and oxygen atoms in total. The van der Waals surface area contributed by atoms with Gasteiger partial charge in [0.05, 0.1) is 11.6 Å². The molecule has 0 aliphatic heterocycles. The summed E-state index contributed by atoms with van der Waals surface area (Å²) < 4.78 is 0. The van der Waals surface area contributed by atoms with Gasteiger partial charge in [-0.25, -0.2) is 10.2 Å². The first-order valence-electron chi connectivity index (χ1n) is 6.10. The zero-order chi connectivity index (χ0) is 15.1. The summed E-state index contributed by atoms with van der Waals surface area (Å²) in [7, 11) is 0. The number of amides is 2. The lowest BCUT2D eigenvalue weighted by molar-refractivity contribution is -0.130. The van der Waals surface area contributed by atoms with Crippen LogP contribution in [0.4, 0.5) is 4.79 Å². The van der Waals surface area contributed by atoms with Crippen molar-refractivity contribution in [1.82, 2.24) is 5.43 Å². The van der Waals surface area contributed by atoms with Crippen LogP contribution in [0.1, 0.15) is 25.8 Å². The average Bonchev–Trinajstić information content (AvgIpc) is 2.38. The molecule has 0 atom stereocenters. The second-order valence-electron chi connectivity index (χ2n) is 4.38. The number of ketones is 2. The van der Waals surface area contributed by atoms with Crippen LogP contribution in [-0.2, 0) is 9.59 Å². The minimum atomic E-state index is -0.805. The third-order valence-electron chi connectivity index (χ3n) is 2.79. The van der Waals surface area contributed by atoms with E-state index >= 15 is 0 Å². The molecular formula is C14H17N3O3. The van der Waals surface area contributed by atoms with E-state index in [9.17, 15) is 14.4 Å². The van der Waals surface area contributed by atoms with Crippen LogP contribution in [0.2, 0.25) is 0 Å². The third-order valence-corrected chi connectivity index (χ3v) is 2.79. The number of primary amides is 1. The molecule has 20 heavy (non-hydrogen) atoms. The molecule has 0 saturated carbocycles. The molecule has 0 radical (unpaired) electrons. The van der Waals surface area contributed by atoms with Gasteiger partial charge in [0.1, 0.15) is 11.6 Å². The van der Waals surface area contributed by atoms with Gasteiger partial charge >= 0.3 is 6.03 Å². The van der Waals surface area contributed by atoms with Gasteiger partial charge in [0, 0.05) is 6.42 Å². The van der Waals surface area contributed by atoms with E-state index in [1.54, 1.807) is 24.3 Å².